The molecule has 0 N–H and O–H groups in total. The van der Waals surface area contributed by atoms with Gasteiger partial charge >= 0.3 is 0 Å². The molecule has 0 bridgehead atoms. The monoisotopic (exact) mass is 199 g/mol. The van der Waals surface area contributed by atoms with E-state index in [-0.39, 0.29) is 17.5 Å². The molecule has 1 rings (SSSR count). The van der Waals surface area contributed by atoms with Crippen molar-refractivity contribution in [1.29, 1.82) is 5.26 Å². The zero-order valence-corrected chi connectivity index (χ0v) is 7.52. The van der Waals surface area contributed by atoms with Gasteiger partial charge in [0.1, 0.15) is 5.82 Å². The molecule has 0 spiro atoms. The third-order valence-electron chi connectivity index (χ3n) is 1.82. The summed E-state index contributed by atoms with van der Waals surface area (Å²) in [6.07, 6.45) is -0.199. The number of nitriles is 1. The summed E-state index contributed by atoms with van der Waals surface area (Å²) < 4.78 is 38.6. The molecule has 0 aliphatic heterocycles. The SMILES string of the molecule is CC(F)(F)c1ccc(F)c(CC#N)c1. The van der Waals surface area contributed by atoms with Gasteiger partial charge in [-0.2, -0.15) is 5.26 Å². The normalized spacial score (nSPS) is 11.1. The van der Waals surface area contributed by atoms with Gasteiger partial charge in [0, 0.05) is 18.1 Å². The van der Waals surface area contributed by atoms with Gasteiger partial charge in [0.05, 0.1) is 12.5 Å². The molecule has 0 atom stereocenters. The molecular weight excluding hydrogens is 191 g/mol. The Morgan fingerprint density at radius 1 is 1.43 bits per heavy atom. The average Bonchev–Trinajstić information content (AvgIpc) is 2.07. The van der Waals surface area contributed by atoms with Gasteiger partial charge in [-0.05, 0) is 12.1 Å². The standard InChI is InChI=1S/C10H8F3N/c1-10(12,13)8-2-3-9(11)7(6-8)4-5-14/h2-3,6H,4H2,1H3. The molecule has 0 saturated heterocycles. The molecule has 1 aromatic rings. The Balaban J connectivity index is 3.14. The topological polar surface area (TPSA) is 23.8 Å². The van der Waals surface area contributed by atoms with E-state index in [2.05, 4.69) is 0 Å². The van der Waals surface area contributed by atoms with Crippen LogP contribution in [-0.4, -0.2) is 0 Å². The number of nitrogens with zero attached hydrogens (tertiary/aromatic N) is 1. The van der Waals surface area contributed by atoms with Crippen LogP contribution in [-0.2, 0) is 12.3 Å². The van der Waals surface area contributed by atoms with Crippen molar-refractivity contribution in [1.82, 2.24) is 0 Å². The molecule has 0 amide bonds. The van der Waals surface area contributed by atoms with E-state index in [9.17, 15) is 13.2 Å². The van der Waals surface area contributed by atoms with E-state index in [4.69, 9.17) is 5.26 Å². The number of benzene rings is 1. The lowest BCUT2D eigenvalue weighted by Crippen LogP contribution is -2.08. The predicted octanol–water partition coefficient (Wildman–Crippen LogP) is 3.00. The van der Waals surface area contributed by atoms with E-state index in [0.717, 1.165) is 25.1 Å². The maximum atomic E-state index is 12.9. The first-order valence-electron chi connectivity index (χ1n) is 3.99. The van der Waals surface area contributed by atoms with E-state index in [0.29, 0.717) is 0 Å². The molecule has 0 aromatic heterocycles. The van der Waals surface area contributed by atoms with Crippen LogP contribution in [0.5, 0.6) is 0 Å². The van der Waals surface area contributed by atoms with Gasteiger partial charge in [0.25, 0.3) is 5.92 Å². The van der Waals surface area contributed by atoms with Crippen LogP contribution in [0.4, 0.5) is 13.2 Å². The van der Waals surface area contributed by atoms with Gasteiger partial charge in [-0.1, -0.05) is 6.07 Å². The Hall–Kier alpha value is -1.50. The molecule has 0 unspecified atom stereocenters. The van der Waals surface area contributed by atoms with Crippen LogP contribution >= 0.6 is 0 Å². The minimum atomic E-state index is -3.00. The first-order valence-corrected chi connectivity index (χ1v) is 3.99. The molecule has 0 aliphatic carbocycles. The lowest BCUT2D eigenvalue weighted by molar-refractivity contribution is 0.0173. The summed E-state index contributed by atoms with van der Waals surface area (Å²) in [5.41, 5.74) is -0.268. The molecule has 0 radical (unpaired) electrons. The molecule has 0 heterocycles. The van der Waals surface area contributed by atoms with Crippen LogP contribution in [0.3, 0.4) is 0 Å². The van der Waals surface area contributed by atoms with E-state index in [1.54, 1.807) is 6.07 Å². The minimum Gasteiger partial charge on any atom is -0.207 e. The Kier molecular flexibility index (Phi) is 2.80. The van der Waals surface area contributed by atoms with Crippen molar-refractivity contribution in [2.45, 2.75) is 19.3 Å². The highest BCUT2D eigenvalue weighted by atomic mass is 19.3. The lowest BCUT2D eigenvalue weighted by atomic mass is 10.0. The van der Waals surface area contributed by atoms with Crippen molar-refractivity contribution < 1.29 is 13.2 Å². The molecule has 0 aliphatic rings. The Bertz CT molecular complexity index is 374. The molecule has 0 saturated carbocycles. The lowest BCUT2D eigenvalue weighted by Gasteiger charge is -2.11. The van der Waals surface area contributed by atoms with Crippen molar-refractivity contribution in [2.24, 2.45) is 0 Å². The smallest absolute Gasteiger partial charge is 0.207 e. The second kappa shape index (κ2) is 3.70. The first-order chi connectivity index (χ1) is 6.45. The number of alkyl halides is 2. The zero-order valence-electron chi connectivity index (χ0n) is 7.52. The highest BCUT2D eigenvalue weighted by Gasteiger charge is 2.24. The molecule has 1 aromatic carbocycles. The second-order valence-electron chi connectivity index (χ2n) is 3.03. The van der Waals surface area contributed by atoms with Crippen LogP contribution in [0.2, 0.25) is 0 Å². The van der Waals surface area contributed by atoms with E-state index >= 15 is 0 Å². The van der Waals surface area contributed by atoms with Crippen LogP contribution in [0, 0.1) is 17.1 Å². The fourth-order valence-electron chi connectivity index (χ4n) is 1.07. The summed E-state index contributed by atoms with van der Waals surface area (Å²) in [5, 5.41) is 8.33. The summed E-state index contributed by atoms with van der Waals surface area (Å²) in [7, 11) is 0. The Labute approximate surface area is 79.8 Å². The molecule has 14 heavy (non-hydrogen) atoms. The summed E-state index contributed by atoms with van der Waals surface area (Å²) in [4.78, 5) is 0. The molecule has 4 heteroatoms. The molecule has 1 nitrogen and oxygen atoms in total. The van der Waals surface area contributed by atoms with Crippen molar-refractivity contribution in [3.8, 4) is 6.07 Å². The zero-order chi connectivity index (χ0) is 10.8. The Morgan fingerprint density at radius 2 is 2.07 bits per heavy atom. The summed E-state index contributed by atoms with van der Waals surface area (Å²) in [5.74, 6) is -3.63. The van der Waals surface area contributed by atoms with E-state index in [1.165, 1.54) is 0 Å². The molecule has 74 valence electrons. The number of hydrogen-bond donors (Lipinski definition) is 0. The molecular formula is C10H8F3N. The number of hydrogen-bond acceptors (Lipinski definition) is 1. The average molecular weight is 199 g/mol. The first kappa shape index (κ1) is 10.6. The third-order valence-corrected chi connectivity index (χ3v) is 1.82. The maximum Gasteiger partial charge on any atom is 0.270 e. The van der Waals surface area contributed by atoms with Gasteiger partial charge in [-0.25, -0.2) is 13.2 Å². The minimum absolute atomic E-state index is 0.00604. The fraction of sp³-hybridized carbons (Fsp3) is 0.300. The van der Waals surface area contributed by atoms with Gasteiger partial charge in [-0.3, -0.25) is 0 Å². The van der Waals surface area contributed by atoms with E-state index in [1.807, 2.05) is 0 Å². The van der Waals surface area contributed by atoms with Crippen molar-refractivity contribution in [2.75, 3.05) is 0 Å². The quantitative estimate of drug-likeness (QED) is 0.718. The third kappa shape index (κ3) is 2.25. The number of halogens is 3. The second-order valence-corrected chi connectivity index (χ2v) is 3.03. The maximum absolute atomic E-state index is 12.9. The van der Waals surface area contributed by atoms with Crippen molar-refractivity contribution in [3.63, 3.8) is 0 Å². The molecule has 0 fully saturated rings. The van der Waals surface area contributed by atoms with Gasteiger partial charge in [-0.15, -0.1) is 0 Å². The highest BCUT2D eigenvalue weighted by Crippen LogP contribution is 2.28. The summed E-state index contributed by atoms with van der Waals surface area (Å²) >= 11 is 0. The highest BCUT2D eigenvalue weighted by molar-refractivity contribution is 5.29. The van der Waals surface area contributed by atoms with Crippen LogP contribution in [0.15, 0.2) is 18.2 Å². The largest absolute Gasteiger partial charge is 0.270 e. The van der Waals surface area contributed by atoms with Crippen LogP contribution in [0.1, 0.15) is 18.1 Å². The van der Waals surface area contributed by atoms with Crippen LogP contribution < -0.4 is 0 Å². The number of rotatable bonds is 2. The Morgan fingerprint density at radius 3 is 2.57 bits per heavy atom. The van der Waals surface area contributed by atoms with Crippen molar-refractivity contribution in [3.05, 3.63) is 35.1 Å². The van der Waals surface area contributed by atoms with Gasteiger partial charge < -0.3 is 0 Å². The van der Waals surface area contributed by atoms with E-state index < -0.39 is 11.7 Å². The summed E-state index contributed by atoms with van der Waals surface area (Å²) in [6.45, 7) is 0.733. The van der Waals surface area contributed by atoms with Gasteiger partial charge in [0.2, 0.25) is 0 Å². The summed E-state index contributed by atoms with van der Waals surface area (Å²) in [6, 6.07) is 4.73. The van der Waals surface area contributed by atoms with Crippen LogP contribution in [0.25, 0.3) is 0 Å². The predicted molar refractivity (Wildman–Crippen MR) is 45.3 cm³/mol. The van der Waals surface area contributed by atoms with Crippen molar-refractivity contribution >= 4 is 0 Å². The fourth-order valence-corrected chi connectivity index (χ4v) is 1.07. The van der Waals surface area contributed by atoms with Gasteiger partial charge in [0.15, 0.2) is 0 Å².